The summed E-state index contributed by atoms with van der Waals surface area (Å²) in [6.07, 6.45) is 1.47. The predicted molar refractivity (Wildman–Crippen MR) is 103 cm³/mol. The topological polar surface area (TPSA) is 49.8 Å². The van der Waals surface area contributed by atoms with E-state index in [2.05, 4.69) is 0 Å². The van der Waals surface area contributed by atoms with E-state index < -0.39 is 12.0 Å². The van der Waals surface area contributed by atoms with Gasteiger partial charge in [-0.1, -0.05) is 47.5 Å². The molecule has 4 nitrogen and oxygen atoms in total. The Labute approximate surface area is 163 Å². The number of halogens is 2. The normalized spacial score (nSPS) is 18.7. The quantitative estimate of drug-likeness (QED) is 0.747. The van der Waals surface area contributed by atoms with Gasteiger partial charge < -0.3 is 9.84 Å². The van der Waals surface area contributed by atoms with Crippen LogP contribution in [-0.4, -0.2) is 35.2 Å². The molecule has 1 fully saturated rings. The summed E-state index contributed by atoms with van der Waals surface area (Å²) in [7, 11) is 0. The molecule has 0 saturated carbocycles. The molecule has 1 aliphatic heterocycles. The summed E-state index contributed by atoms with van der Waals surface area (Å²) < 4.78 is 5.82. The van der Waals surface area contributed by atoms with Gasteiger partial charge in [0.05, 0.1) is 22.7 Å². The lowest BCUT2D eigenvalue weighted by Crippen LogP contribution is -2.39. The standard InChI is InChI=1S/C20H21Cl2NO3/c1-2-26-18-8-4-3-6-14(18)19(13-9-10-15(21)16(22)12-13)23-11-5-7-17(23)20(24)25/h3-4,6,8-10,12,17,19H,2,5,7,11H2,1H3,(H,24,25). The number of aliphatic carboxylic acids is 1. The van der Waals surface area contributed by atoms with Crippen molar-refractivity contribution in [1.82, 2.24) is 4.90 Å². The summed E-state index contributed by atoms with van der Waals surface area (Å²) >= 11 is 12.3. The number of carboxylic acid groups (broad SMARTS) is 1. The first-order chi connectivity index (χ1) is 12.5. The first kappa shape index (κ1) is 19.0. The van der Waals surface area contributed by atoms with Crippen molar-refractivity contribution in [3.05, 3.63) is 63.6 Å². The van der Waals surface area contributed by atoms with E-state index >= 15 is 0 Å². The molecule has 2 unspecified atom stereocenters. The van der Waals surface area contributed by atoms with Gasteiger partial charge in [0.15, 0.2) is 0 Å². The Balaban J connectivity index is 2.13. The number of nitrogens with zero attached hydrogens (tertiary/aromatic N) is 1. The molecule has 1 N–H and O–H groups in total. The second kappa shape index (κ2) is 8.30. The predicted octanol–water partition coefficient (Wildman–Crippen LogP) is 5.03. The lowest BCUT2D eigenvalue weighted by molar-refractivity contribution is -0.142. The Morgan fingerprint density at radius 3 is 2.73 bits per heavy atom. The van der Waals surface area contributed by atoms with Crippen LogP contribution in [0.25, 0.3) is 0 Å². The van der Waals surface area contributed by atoms with Crippen molar-refractivity contribution in [2.24, 2.45) is 0 Å². The van der Waals surface area contributed by atoms with Gasteiger partial charge in [0.1, 0.15) is 11.8 Å². The molecule has 0 radical (unpaired) electrons. The second-order valence-electron chi connectivity index (χ2n) is 6.28. The third kappa shape index (κ3) is 3.83. The Hall–Kier alpha value is -1.75. The Bertz CT molecular complexity index is 796. The van der Waals surface area contributed by atoms with E-state index in [0.29, 0.717) is 29.6 Å². The number of ether oxygens (including phenoxy) is 1. The van der Waals surface area contributed by atoms with E-state index in [9.17, 15) is 9.90 Å². The Kier molecular flexibility index (Phi) is 6.07. The van der Waals surface area contributed by atoms with Crippen LogP contribution in [0.4, 0.5) is 0 Å². The van der Waals surface area contributed by atoms with E-state index in [1.165, 1.54) is 0 Å². The maximum Gasteiger partial charge on any atom is 0.320 e. The van der Waals surface area contributed by atoms with Crippen LogP contribution in [0, 0.1) is 0 Å². The molecule has 1 aliphatic rings. The van der Waals surface area contributed by atoms with Crippen LogP contribution < -0.4 is 4.74 Å². The van der Waals surface area contributed by atoms with Gasteiger partial charge in [-0.05, 0) is 43.5 Å². The van der Waals surface area contributed by atoms with Crippen LogP contribution in [0.3, 0.4) is 0 Å². The lowest BCUT2D eigenvalue weighted by atomic mass is 9.95. The molecule has 0 bridgehead atoms. The minimum atomic E-state index is -0.804. The molecule has 2 aromatic rings. The molecule has 6 heteroatoms. The van der Waals surface area contributed by atoms with Gasteiger partial charge in [-0.25, -0.2) is 0 Å². The molecule has 1 saturated heterocycles. The zero-order valence-electron chi connectivity index (χ0n) is 14.5. The number of carbonyl (C=O) groups is 1. The fourth-order valence-electron chi connectivity index (χ4n) is 3.59. The summed E-state index contributed by atoms with van der Waals surface area (Å²) in [5.41, 5.74) is 1.83. The van der Waals surface area contributed by atoms with Gasteiger partial charge in [0, 0.05) is 12.1 Å². The van der Waals surface area contributed by atoms with Gasteiger partial charge in [-0.15, -0.1) is 0 Å². The molecular formula is C20H21Cl2NO3. The van der Waals surface area contributed by atoms with Crippen LogP contribution in [0.15, 0.2) is 42.5 Å². The molecule has 0 amide bonds. The maximum absolute atomic E-state index is 11.8. The van der Waals surface area contributed by atoms with Gasteiger partial charge in [0.25, 0.3) is 0 Å². The third-order valence-corrected chi connectivity index (χ3v) is 5.42. The highest BCUT2D eigenvalue weighted by Crippen LogP contribution is 2.40. The zero-order chi connectivity index (χ0) is 18.7. The summed E-state index contributed by atoms with van der Waals surface area (Å²) in [5, 5.41) is 10.6. The summed E-state index contributed by atoms with van der Waals surface area (Å²) in [5.74, 6) is -0.0523. The van der Waals surface area contributed by atoms with Crippen LogP contribution in [0.1, 0.15) is 36.9 Å². The number of hydrogen-bond acceptors (Lipinski definition) is 3. The van der Waals surface area contributed by atoms with Crippen LogP contribution >= 0.6 is 23.2 Å². The van der Waals surface area contributed by atoms with Gasteiger partial charge in [-0.2, -0.15) is 0 Å². The molecule has 0 spiro atoms. The van der Waals surface area contributed by atoms with Gasteiger partial charge in [-0.3, -0.25) is 9.69 Å². The second-order valence-corrected chi connectivity index (χ2v) is 7.10. The highest BCUT2D eigenvalue weighted by Gasteiger charge is 2.38. The number of benzene rings is 2. The smallest absolute Gasteiger partial charge is 0.320 e. The number of carboxylic acids is 1. The van der Waals surface area contributed by atoms with Crippen molar-refractivity contribution in [2.75, 3.05) is 13.2 Å². The van der Waals surface area contributed by atoms with Crippen molar-refractivity contribution in [3.8, 4) is 5.75 Å². The molecule has 1 heterocycles. The van der Waals surface area contributed by atoms with E-state index in [4.69, 9.17) is 27.9 Å². The molecule has 0 aliphatic carbocycles. The van der Waals surface area contributed by atoms with Gasteiger partial charge in [0.2, 0.25) is 0 Å². The van der Waals surface area contributed by atoms with Crippen molar-refractivity contribution in [2.45, 2.75) is 31.8 Å². The molecule has 0 aromatic heterocycles. The molecule has 2 aromatic carbocycles. The fourth-order valence-corrected chi connectivity index (χ4v) is 3.90. The average Bonchev–Trinajstić information content (AvgIpc) is 3.10. The van der Waals surface area contributed by atoms with Crippen molar-refractivity contribution in [1.29, 1.82) is 0 Å². The van der Waals surface area contributed by atoms with Crippen LogP contribution in [-0.2, 0) is 4.79 Å². The number of likely N-dealkylation sites (tertiary alicyclic amines) is 1. The van der Waals surface area contributed by atoms with Gasteiger partial charge >= 0.3 is 5.97 Å². The Morgan fingerprint density at radius 2 is 2.04 bits per heavy atom. The first-order valence-corrected chi connectivity index (χ1v) is 9.43. The van der Waals surface area contributed by atoms with Crippen molar-refractivity contribution < 1.29 is 14.6 Å². The summed E-state index contributed by atoms with van der Waals surface area (Å²) in [6.45, 7) is 3.16. The molecule has 3 rings (SSSR count). The molecule has 2 atom stereocenters. The number of hydrogen-bond donors (Lipinski definition) is 1. The minimum Gasteiger partial charge on any atom is -0.494 e. The monoisotopic (exact) mass is 393 g/mol. The van der Waals surface area contributed by atoms with E-state index in [-0.39, 0.29) is 6.04 Å². The number of rotatable bonds is 6. The lowest BCUT2D eigenvalue weighted by Gasteiger charge is -2.33. The Morgan fingerprint density at radius 1 is 1.27 bits per heavy atom. The number of para-hydroxylation sites is 1. The zero-order valence-corrected chi connectivity index (χ0v) is 16.0. The highest BCUT2D eigenvalue weighted by molar-refractivity contribution is 6.42. The minimum absolute atomic E-state index is 0.267. The SMILES string of the molecule is CCOc1ccccc1C(c1ccc(Cl)c(Cl)c1)N1CCCC1C(=O)O. The van der Waals surface area contributed by atoms with Crippen LogP contribution in [0.2, 0.25) is 10.0 Å². The highest BCUT2D eigenvalue weighted by atomic mass is 35.5. The van der Waals surface area contributed by atoms with Crippen molar-refractivity contribution >= 4 is 29.2 Å². The summed E-state index contributed by atoms with van der Waals surface area (Å²) in [4.78, 5) is 13.8. The maximum atomic E-state index is 11.8. The third-order valence-electron chi connectivity index (χ3n) is 4.68. The molecular weight excluding hydrogens is 373 g/mol. The molecule has 138 valence electrons. The largest absolute Gasteiger partial charge is 0.494 e. The molecule has 26 heavy (non-hydrogen) atoms. The fraction of sp³-hybridized carbons (Fsp3) is 0.350. The van der Waals surface area contributed by atoms with E-state index in [1.807, 2.05) is 48.2 Å². The average molecular weight is 394 g/mol. The van der Waals surface area contributed by atoms with E-state index in [0.717, 1.165) is 23.3 Å². The van der Waals surface area contributed by atoms with E-state index in [1.54, 1.807) is 6.07 Å². The van der Waals surface area contributed by atoms with Crippen LogP contribution in [0.5, 0.6) is 5.75 Å². The summed E-state index contributed by atoms with van der Waals surface area (Å²) in [6, 6.07) is 12.4. The van der Waals surface area contributed by atoms with Crippen molar-refractivity contribution in [3.63, 3.8) is 0 Å². The first-order valence-electron chi connectivity index (χ1n) is 8.68.